The van der Waals surface area contributed by atoms with E-state index in [0.29, 0.717) is 31.5 Å². The number of rotatable bonds is 6. The zero-order chi connectivity index (χ0) is 16.9. The first-order chi connectivity index (χ1) is 10.8. The molecule has 1 aliphatic heterocycles. The lowest BCUT2D eigenvalue weighted by Crippen LogP contribution is -2.46. The quantitative estimate of drug-likeness (QED) is 0.790. The van der Waals surface area contributed by atoms with Gasteiger partial charge in [0.05, 0.1) is 6.26 Å². The molecule has 1 aromatic rings. The van der Waals surface area contributed by atoms with Crippen LogP contribution in [0.5, 0.6) is 0 Å². The summed E-state index contributed by atoms with van der Waals surface area (Å²) in [5, 5.41) is 0. The minimum absolute atomic E-state index is 0.0346. The lowest BCUT2D eigenvalue weighted by atomic mass is 10.0. The third-order valence-corrected chi connectivity index (χ3v) is 4.65. The largest absolute Gasteiger partial charge is 0.343 e. The Labute approximate surface area is 136 Å². The molecule has 1 amide bonds. The summed E-state index contributed by atoms with van der Waals surface area (Å²) in [6, 6.07) is 8.82. The highest BCUT2D eigenvalue weighted by atomic mass is 32.2. The minimum atomic E-state index is -3.21. The number of piperidine rings is 1. The summed E-state index contributed by atoms with van der Waals surface area (Å²) in [5.74, 6) is -0.0836. The van der Waals surface area contributed by atoms with E-state index in [-0.39, 0.29) is 30.6 Å². The molecular weight excluding hydrogens is 316 g/mol. The number of Topliss-reactive ketones (excluding diaryl/α,β-unsaturated/α-hetero) is 1. The first-order valence-electron chi connectivity index (χ1n) is 7.68. The normalized spacial score (nSPS) is 16.3. The molecule has 7 heteroatoms. The molecule has 23 heavy (non-hydrogen) atoms. The van der Waals surface area contributed by atoms with Crippen LogP contribution in [0.2, 0.25) is 0 Å². The van der Waals surface area contributed by atoms with Crippen LogP contribution in [0.1, 0.15) is 36.0 Å². The molecule has 0 radical (unpaired) electrons. The molecule has 1 heterocycles. The first-order valence-corrected chi connectivity index (χ1v) is 9.57. The molecule has 0 bridgehead atoms. The van der Waals surface area contributed by atoms with E-state index >= 15 is 0 Å². The van der Waals surface area contributed by atoms with Gasteiger partial charge in [-0.25, -0.2) is 13.1 Å². The van der Waals surface area contributed by atoms with E-state index in [0.717, 1.165) is 6.26 Å². The van der Waals surface area contributed by atoms with Crippen LogP contribution in [0.3, 0.4) is 0 Å². The molecule has 1 N–H and O–H groups in total. The number of carbonyl (C=O) groups excluding carboxylic acids is 2. The lowest BCUT2D eigenvalue weighted by Gasteiger charge is -2.32. The molecule has 0 atom stereocenters. The van der Waals surface area contributed by atoms with Gasteiger partial charge in [0, 0.05) is 37.5 Å². The van der Waals surface area contributed by atoms with Gasteiger partial charge in [-0.15, -0.1) is 0 Å². The number of hydrogen-bond acceptors (Lipinski definition) is 4. The van der Waals surface area contributed by atoms with Crippen LogP contribution in [-0.2, 0) is 14.8 Å². The van der Waals surface area contributed by atoms with Gasteiger partial charge in [0.25, 0.3) is 0 Å². The van der Waals surface area contributed by atoms with Crippen molar-refractivity contribution in [3.8, 4) is 0 Å². The van der Waals surface area contributed by atoms with Gasteiger partial charge in [0.1, 0.15) is 0 Å². The second kappa shape index (κ2) is 7.70. The number of likely N-dealkylation sites (tertiary alicyclic amines) is 1. The summed E-state index contributed by atoms with van der Waals surface area (Å²) in [4.78, 5) is 25.9. The van der Waals surface area contributed by atoms with Crippen LogP contribution in [0.15, 0.2) is 30.3 Å². The van der Waals surface area contributed by atoms with E-state index in [2.05, 4.69) is 4.72 Å². The molecular formula is C16H22N2O4S. The van der Waals surface area contributed by atoms with Gasteiger partial charge >= 0.3 is 0 Å². The monoisotopic (exact) mass is 338 g/mol. The molecule has 1 aromatic carbocycles. The zero-order valence-electron chi connectivity index (χ0n) is 13.2. The summed E-state index contributed by atoms with van der Waals surface area (Å²) < 4.78 is 25.0. The van der Waals surface area contributed by atoms with Crippen molar-refractivity contribution in [1.29, 1.82) is 0 Å². The van der Waals surface area contributed by atoms with Crippen molar-refractivity contribution in [2.75, 3.05) is 19.3 Å². The van der Waals surface area contributed by atoms with Gasteiger partial charge < -0.3 is 4.90 Å². The van der Waals surface area contributed by atoms with Crippen molar-refractivity contribution < 1.29 is 18.0 Å². The highest BCUT2D eigenvalue weighted by Gasteiger charge is 2.24. The highest BCUT2D eigenvalue weighted by molar-refractivity contribution is 7.88. The maximum Gasteiger partial charge on any atom is 0.223 e. The molecule has 2 rings (SSSR count). The van der Waals surface area contributed by atoms with Crippen LogP contribution in [0.25, 0.3) is 0 Å². The van der Waals surface area contributed by atoms with Crippen LogP contribution < -0.4 is 4.72 Å². The van der Waals surface area contributed by atoms with Crippen LogP contribution in [-0.4, -0.2) is 50.4 Å². The molecule has 1 saturated heterocycles. The van der Waals surface area contributed by atoms with E-state index in [4.69, 9.17) is 0 Å². The Morgan fingerprint density at radius 2 is 1.74 bits per heavy atom. The Morgan fingerprint density at radius 3 is 2.30 bits per heavy atom. The van der Waals surface area contributed by atoms with E-state index in [1.54, 1.807) is 29.2 Å². The second-order valence-corrected chi connectivity index (χ2v) is 7.61. The number of carbonyl (C=O) groups is 2. The zero-order valence-corrected chi connectivity index (χ0v) is 14.0. The Kier molecular flexibility index (Phi) is 5.90. The van der Waals surface area contributed by atoms with Crippen LogP contribution >= 0.6 is 0 Å². The summed E-state index contributed by atoms with van der Waals surface area (Å²) in [5.41, 5.74) is 0.622. The maximum absolute atomic E-state index is 12.2. The predicted molar refractivity (Wildman–Crippen MR) is 87.6 cm³/mol. The number of amides is 1. The molecule has 0 spiro atoms. The van der Waals surface area contributed by atoms with E-state index < -0.39 is 10.0 Å². The molecule has 6 nitrogen and oxygen atoms in total. The van der Waals surface area contributed by atoms with Gasteiger partial charge in [-0.05, 0) is 12.8 Å². The van der Waals surface area contributed by atoms with Crippen molar-refractivity contribution in [3.63, 3.8) is 0 Å². The average molecular weight is 338 g/mol. The van der Waals surface area contributed by atoms with Crippen molar-refractivity contribution in [2.45, 2.75) is 31.7 Å². The molecule has 0 saturated carbocycles. The summed E-state index contributed by atoms with van der Waals surface area (Å²) in [6.07, 6.45) is 2.73. The fourth-order valence-electron chi connectivity index (χ4n) is 2.70. The minimum Gasteiger partial charge on any atom is -0.343 e. The Hall–Kier alpha value is -1.73. The van der Waals surface area contributed by atoms with E-state index in [9.17, 15) is 18.0 Å². The number of benzene rings is 1. The third kappa shape index (κ3) is 5.76. The standard InChI is InChI=1S/C16H22N2O4S/c1-23(21,22)17-14-9-11-18(12-10-14)16(20)8-7-15(19)13-5-3-2-4-6-13/h2-6,14,17H,7-12H2,1H3. The van der Waals surface area contributed by atoms with Gasteiger partial charge in [0.15, 0.2) is 5.78 Å². The van der Waals surface area contributed by atoms with Crippen molar-refractivity contribution in [3.05, 3.63) is 35.9 Å². The molecule has 0 unspecified atom stereocenters. The van der Waals surface area contributed by atoms with E-state index in [1.807, 2.05) is 6.07 Å². The first kappa shape index (κ1) is 17.6. The van der Waals surface area contributed by atoms with Gasteiger partial charge in [0.2, 0.25) is 15.9 Å². The fourth-order valence-corrected chi connectivity index (χ4v) is 3.54. The van der Waals surface area contributed by atoms with Crippen molar-refractivity contribution >= 4 is 21.7 Å². The van der Waals surface area contributed by atoms with Gasteiger partial charge in [-0.3, -0.25) is 9.59 Å². The summed E-state index contributed by atoms with van der Waals surface area (Å²) in [7, 11) is -3.21. The number of sulfonamides is 1. The Bertz CT molecular complexity index is 650. The third-order valence-electron chi connectivity index (χ3n) is 3.89. The SMILES string of the molecule is CS(=O)(=O)NC1CCN(C(=O)CCC(=O)c2ccccc2)CC1. The lowest BCUT2D eigenvalue weighted by molar-refractivity contribution is -0.132. The molecule has 0 aromatic heterocycles. The second-order valence-electron chi connectivity index (χ2n) is 5.83. The average Bonchev–Trinajstić information content (AvgIpc) is 2.52. The fraction of sp³-hybridized carbons (Fsp3) is 0.500. The number of nitrogens with zero attached hydrogens (tertiary/aromatic N) is 1. The van der Waals surface area contributed by atoms with Crippen molar-refractivity contribution in [1.82, 2.24) is 9.62 Å². The smallest absolute Gasteiger partial charge is 0.223 e. The van der Waals surface area contributed by atoms with Gasteiger partial charge in [-0.2, -0.15) is 0 Å². The molecule has 1 fully saturated rings. The highest BCUT2D eigenvalue weighted by Crippen LogP contribution is 2.14. The predicted octanol–water partition coefficient (Wildman–Crippen LogP) is 1.19. The Balaban J connectivity index is 1.76. The maximum atomic E-state index is 12.2. The number of ketones is 1. The molecule has 0 aliphatic carbocycles. The van der Waals surface area contributed by atoms with Gasteiger partial charge in [-0.1, -0.05) is 30.3 Å². The molecule has 126 valence electrons. The van der Waals surface area contributed by atoms with Crippen LogP contribution in [0.4, 0.5) is 0 Å². The topological polar surface area (TPSA) is 83.6 Å². The van der Waals surface area contributed by atoms with Crippen molar-refractivity contribution in [2.24, 2.45) is 0 Å². The number of nitrogens with one attached hydrogen (secondary N) is 1. The number of hydrogen-bond donors (Lipinski definition) is 1. The summed E-state index contributed by atoms with van der Waals surface area (Å²) in [6.45, 7) is 1.04. The Morgan fingerprint density at radius 1 is 1.13 bits per heavy atom. The summed E-state index contributed by atoms with van der Waals surface area (Å²) >= 11 is 0. The van der Waals surface area contributed by atoms with E-state index in [1.165, 1.54) is 0 Å². The van der Waals surface area contributed by atoms with Crippen LogP contribution in [0, 0.1) is 0 Å². The molecule has 1 aliphatic rings.